The van der Waals surface area contributed by atoms with Crippen molar-refractivity contribution < 1.29 is 13.2 Å². The van der Waals surface area contributed by atoms with Crippen LogP contribution in [0.1, 0.15) is 22.6 Å². The van der Waals surface area contributed by atoms with Gasteiger partial charge in [-0.2, -0.15) is 18.4 Å². The van der Waals surface area contributed by atoms with Crippen molar-refractivity contribution in [2.24, 2.45) is 0 Å². The minimum Gasteiger partial charge on any atom is -0.192 e. The molecule has 7 heteroatoms. The largest absolute Gasteiger partial charge is 0.399 e. The smallest absolute Gasteiger partial charge is 0.192 e. The third-order valence-electron chi connectivity index (χ3n) is 3.27. The van der Waals surface area contributed by atoms with Crippen molar-refractivity contribution in [3.8, 4) is 6.07 Å². The number of halogens is 6. The van der Waals surface area contributed by atoms with Crippen molar-refractivity contribution in [3.05, 3.63) is 74.2 Å². The molecule has 0 aliphatic carbocycles. The van der Waals surface area contributed by atoms with Gasteiger partial charge < -0.3 is 0 Å². The summed E-state index contributed by atoms with van der Waals surface area (Å²) in [6.07, 6.45) is -2.34. The van der Waals surface area contributed by atoms with E-state index >= 15 is 0 Å². The van der Waals surface area contributed by atoms with Crippen LogP contribution in [-0.2, 0) is 0 Å². The molecular weight excluding hydrogens is 382 g/mol. The molecular formula is C17H9Cl3F3N. The first-order valence-corrected chi connectivity index (χ1v) is 7.76. The van der Waals surface area contributed by atoms with Gasteiger partial charge in [0.2, 0.25) is 0 Å². The maximum absolute atomic E-state index is 13.4. The van der Waals surface area contributed by atoms with Crippen LogP contribution in [0, 0.1) is 11.3 Å². The van der Waals surface area contributed by atoms with Gasteiger partial charge in [-0.1, -0.05) is 65.2 Å². The van der Waals surface area contributed by atoms with Gasteiger partial charge in [0.1, 0.15) is 0 Å². The second kappa shape index (κ2) is 7.48. The first kappa shape index (κ1) is 18.7. The Balaban J connectivity index is 2.48. The molecule has 0 saturated heterocycles. The molecule has 2 aromatic rings. The Labute approximate surface area is 151 Å². The summed E-state index contributed by atoms with van der Waals surface area (Å²) in [5.74, 6) is -1.93. The van der Waals surface area contributed by atoms with E-state index in [1.165, 1.54) is 12.1 Å². The first-order chi connectivity index (χ1) is 11.2. The van der Waals surface area contributed by atoms with E-state index in [-0.39, 0.29) is 26.2 Å². The van der Waals surface area contributed by atoms with Gasteiger partial charge in [0.25, 0.3) is 0 Å². The summed E-state index contributed by atoms with van der Waals surface area (Å²) in [5, 5.41) is 8.90. The highest BCUT2D eigenvalue weighted by Crippen LogP contribution is 2.41. The quantitative estimate of drug-likeness (QED) is 0.524. The van der Waals surface area contributed by atoms with Crippen molar-refractivity contribution in [2.75, 3.05) is 0 Å². The molecule has 0 fully saturated rings. The number of allylic oxidation sites excluding steroid dienone is 1. The molecule has 0 saturated carbocycles. The van der Waals surface area contributed by atoms with Crippen LogP contribution < -0.4 is 0 Å². The normalized spacial score (nSPS) is 13.0. The lowest BCUT2D eigenvalue weighted by Crippen LogP contribution is -2.19. The molecule has 0 aliphatic heterocycles. The predicted molar refractivity (Wildman–Crippen MR) is 90.5 cm³/mol. The summed E-state index contributed by atoms with van der Waals surface area (Å²) in [7, 11) is 0. The number of rotatable bonds is 3. The summed E-state index contributed by atoms with van der Waals surface area (Å²) in [6, 6.07) is 10.6. The van der Waals surface area contributed by atoms with Crippen LogP contribution in [0.15, 0.2) is 42.5 Å². The summed E-state index contributed by atoms with van der Waals surface area (Å²) >= 11 is 17.4. The first-order valence-electron chi connectivity index (χ1n) is 6.62. The van der Waals surface area contributed by atoms with E-state index in [0.29, 0.717) is 5.56 Å². The second-order valence-electron chi connectivity index (χ2n) is 4.88. The van der Waals surface area contributed by atoms with Gasteiger partial charge in [-0.05, 0) is 29.3 Å². The van der Waals surface area contributed by atoms with E-state index < -0.39 is 12.1 Å². The van der Waals surface area contributed by atoms with Crippen molar-refractivity contribution in [1.29, 1.82) is 5.26 Å². The Hall–Kier alpha value is -1.67. The maximum Gasteiger partial charge on any atom is 0.399 e. The molecule has 1 nitrogen and oxygen atoms in total. The van der Waals surface area contributed by atoms with E-state index in [0.717, 1.165) is 18.2 Å². The van der Waals surface area contributed by atoms with Crippen LogP contribution in [0.3, 0.4) is 0 Å². The molecule has 124 valence electrons. The summed E-state index contributed by atoms with van der Waals surface area (Å²) in [4.78, 5) is 0. The third-order valence-corrected chi connectivity index (χ3v) is 4.46. The average molecular weight is 391 g/mol. The molecule has 0 N–H and O–H groups in total. The minimum atomic E-state index is -4.56. The molecule has 0 radical (unpaired) electrons. The lowest BCUT2D eigenvalue weighted by Gasteiger charge is -2.18. The van der Waals surface area contributed by atoms with Crippen molar-refractivity contribution in [1.82, 2.24) is 0 Å². The number of benzene rings is 2. The lowest BCUT2D eigenvalue weighted by molar-refractivity contribution is -0.139. The Morgan fingerprint density at radius 3 is 2.17 bits per heavy atom. The highest BCUT2D eigenvalue weighted by atomic mass is 35.5. The molecule has 0 aromatic heterocycles. The van der Waals surface area contributed by atoms with Crippen LogP contribution >= 0.6 is 34.8 Å². The molecule has 0 spiro atoms. The molecule has 0 bridgehead atoms. The highest BCUT2D eigenvalue weighted by molar-refractivity contribution is 6.48. The molecule has 2 aromatic carbocycles. The number of nitrogens with zero attached hydrogens (tertiary/aromatic N) is 1. The SMILES string of the molecule is N#Cc1ccccc1C=CC(c1cc(Cl)c(Cl)c(Cl)c1)C(F)(F)F. The Kier molecular flexibility index (Phi) is 5.82. The van der Waals surface area contributed by atoms with Gasteiger partial charge in [-0.15, -0.1) is 0 Å². The molecule has 1 atom stereocenters. The zero-order chi connectivity index (χ0) is 17.9. The molecule has 0 heterocycles. The second-order valence-corrected chi connectivity index (χ2v) is 6.07. The third kappa shape index (κ3) is 4.24. The van der Waals surface area contributed by atoms with Gasteiger partial charge in [0.15, 0.2) is 0 Å². The van der Waals surface area contributed by atoms with Gasteiger partial charge in [-0.3, -0.25) is 0 Å². The molecule has 1 unspecified atom stereocenters. The minimum absolute atomic E-state index is 0.00168. The Bertz CT molecular complexity index is 800. The van der Waals surface area contributed by atoms with E-state index in [1.54, 1.807) is 18.2 Å². The van der Waals surface area contributed by atoms with Crippen LogP contribution in [0.4, 0.5) is 13.2 Å². The van der Waals surface area contributed by atoms with Gasteiger partial charge >= 0.3 is 6.18 Å². The fourth-order valence-electron chi connectivity index (χ4n) is 2.11. The predicted octanol–water partition coefficient (Wildman–Crippen LogP) is 6.88. The lowest BCUT2D eigenvalue weighted by atomic mass is 9.96. The fraction of sp³-hybridized carbons (Fsp3) is 0.118. The monoisotopic (exact) mass is 389 g/mol. The van der Waals surface area contributed by atoms with Crippen LogP contribution in [0.2, 0.25) is 15.1 Å². The maximum atomic E-state index is 13.4. The topological polar surface area (TPSA) is 23.8 Å². The van der Waals surface area contributed by atoms with Crippen molar-refractivity contribution >= 4 is 40.9 Å². The number of alkyl halides is 3. The number of nitriles is 1. The van der Waals surface area contributed by atoms with E-state index in [2.05, 4.69) is 0 Å². The molecule has 24 heavy (non-hydrogen) atoms. The Morgan fingerprint density at radius 2 is 1.62 bits per heavy atom. The van der Waals surface area contributed by atoms with Crippen molar-refractivity contribution in [2.45, 2.75) is 12.1 Å². The zero-order valence-electron chi connectivity index (χ0n) is 11.9. The van der Waals surface area contributed by atoms with Gasteiger partial charge in [-0.25, -0.2) is 0 Å². The average Bonchev–Trinajstić information content (AvgIpc) is 2.51. The summed E-state index contributed by atoms with van der Waals surface area (Å²) < 4.78 is 40.3. The van der Waals surface area contributed by atoms with E-state index in [4.69, 9.17) is 40.1 Å². The number of hydrogen-bond acceptors (Lipinski definition) is 1. The van der Waals surface area contributed by atoms with Crippen LogP contribution in [-0.4, -0.2) is 6.18 Å². The molecule has 2 rings (SSSR count). The van der Waals surface area contributed by atoms with Gasteiger partial charge in [0.05, 0.1) is 32.6 Å². The molecule has 0 aliphatic rings. The zero-order valence-corrected chi connectivity index (χ0v) is 14.2. The van der Waals surface area contributed by atoms with Crippen LogP contribution in [0.5, 0.6) is 0 Å². The fourth-order valence-corrected chi connectivity index (χ4v) is 2.72. The van der Waals surface area contributed by atoms with Gasteiger partial charge in [0, 0.05) is 0 Å². The summed E-state index contributed by atoms with van der Waals surface area (Å²) in [5.41, 5.74) is 0.537. The molecule has 0 amide bonds. The standard InChI is InChI=1S/C17H9Cl3F3N/c18-14-7-12(8-15(19)16(14)20)13(17(21,22)23)6-5-10-3-1-2-4-11(10)9-24/h1-8,13H. The highest BCUT2D eigenvalue weighted by Gasteiger charge is 2.39. The van der Waals surface area contributed by atoms with E-state index in [9.17, 15) is 13.2 Å². The van der Waals surface area contributed by atoms with Crippen LogP contribution in [0.25, 0.3) is 6.08 Å². The Morgan fingerprint density at radius 1 is 1.04 bits per heavy atom. The number of hydrogen-bond donors (Lipinski definition) is 0. The summed E-state index contributed by atoms with van der Waals surface area (Å²) in [6.45, 7) is 0. The van der Waals surface area contributed by atoms with E-state index in [1.807, 2.05) is 6.07 Å². The van der Waals surface area contributed by atoms with Crippen molar-refractivity contribution in [3.63, 3.8) is 0 Å².